The molecule has 0 spiro atoms. The Labute approximate surface area is 103 Å². The lowest BCUT2D eigenvalue weighted by molar-refractivity contribution is -0.120. The van der Waals surface area contributed by atoms with E-state index < -0.39 is 0 Å². The van der Waals surface area contributed by atoms with Crippen LogP contribution in [0.3, 0.4) is 0 Å². The van der Waals surface area contributed by atoms with Gasteiger partial charge in [0, 0.05) is 12.2 Å². The molecule has 3 heteroatoms. The van der Waals surface area contributed by atoms with Gasteiger partial charge in [0.1, 0.15) is 0 Å². The zero-order valence-electron chi connectivity index (χ0n) is 10.8. The van der Waals surface area contributed by atoms with Gasteiger partial charge in [-0.2, -0.15) is 0 Å². The SMILES string of the molecule is Cc1cc(C)c(N2CCCC(N)C2=O)c(C)c1. The average molecular weight is 232 g/mol. The number of benzene rings is 1. The number of hydrogen-bond donors (Lipinski definition) is 1. The van der Waals surface area contributed by atoms with Gasteiger partial charge < -0.3 is 10.6 Å². The van der Waals surface area contributed by atoms with E-state index in [0.29, 0.717) is 0 Å². The number of carbonyl (C=O) groups excluding carboxylic acids is 1. The van der Waals surface area contributed by atoms with Crippen molar-refractivity contribution in [2.75, 3.05) is 11.4 Å². The summed E-state index contributed by atoms with van der Waals surface area (Å²) < 4.78 is 0. The Morgan fingerprint density at radius 3 is 2.41 bits per heavy atom. The lowest BCUT2D eigenvalue weighted by Gasteiger charge is -2.32. The van der Waals surface area contributed by atoms with Crippen LogP contribution in [-0.2, 0) is 4.79 Å². The third-order valence-corrected chi connectivity index (χ3v) is 3.39. The average Bonchev–Trinajstić information content (AvgIpc) is 2.23. The second-order valence-corrected chi connectivity index (χ2v) is 4.99. The van der Waals surface area contributed by atoms with Gasteiger partial charge >= 0.3 is 0 Å². The second-order valence-electron chi connectivity index (χ2n) is 4.99. The van der Waals surface area contributed by atoms with Crippen LogP contribution in [0.5, 0.6) is 0 Å². The van der Waals surface area contributed by atoms with Crippen molar-refractivity contribution in [3.8, 4) is 0 Å². The van der Waals surface area contributed by atoms with Crippen molar-refractivity contribution in [3.05, 3.63) is 28.8 Å². The van der Waals surface area contributed by atoms with E-state index in [0.717, 1.165) is 36.2 Å². The molecule has 0 radical (unpaired) electrons. The first kappa shape index (κ1) is 12.1. The van der Waals surface area contributed by atoms with Crippen molar-refractivity contribution in [2.24, 2.45) is 5.73 Å². The summed E-state index contributed by atoms with van der Waals surface area (Å²) in [5.74, 6) is 0.0614. The van der Waals surface area contributed by atoms with Crippen molar-refractivity contribution in [1.82, 2.24) is 0 Å². The highest BCUT2D eigenvalue weighted by Gasteiger charge is 2.28. The summed E-state index contributed by atoms with van der Waals surface area (Å²) in [5.41, 5.74) is 10.4. The molecule has 1 atom stereocenters. The van der Waals surface area contributed by atoms with Gasteiger partial charge in [-0.1, -0.05) is 17.7 Å². The standard InChI is InChI=1S/C14H20N2O/c1-9-7-10(2)13(11(3)8-9)16-6-4-5-12(15)14(16)17/h7-8,12H,4-6,15H2,1-3H3. The molecule has 17 heavy (non-hydrogen) atoms. The molecule has 1 aromatic rings. The minimum Gasteiger partial charge on any atom is -0.320 e. The second kappa shape index (κ2) is 4.49. The van der Waals surface area contributed by atoms with Crippen molar-refractivity contribution in [3.63, 3.8) is 0 Å². The number of carbonyl (C=O) groups is 1. The van der Waals surface area contributed by atoms with Crippen LogP contribution in [0.15, 0.2) is 12.1 Å². The molecule has 1 aromatic carbocycles. The van der Waals surface area contributed by atoms with Crippen LogP contribution in [0.4, 0.5) is 5.69 Å². The third-order valence-electron chi connectivity index (χ3n) is 3.39. The molecular weight excluding hydrogens is 212 g/mol. The Hall–Kier alpha value is -1.35. The van der Waals surface area contributed by atoms with Crippen LogP contribution >= 0.6 is 0 Å². The molecular formula is C14H20N2O. The van der Waals surface area contributed by atoms with E-state index >= 15 is 0 Å². The van der Waals surface area contributed by atoms with Crippen molar-refractivity contribution in [2.45, 2.75) is 39.7 Å². The molecule has 1 amide bonds. The number of rotatable bonds is 1. The predicted molar refractivity (Wildman–Crippen MR) is 70.2 cm³/mol. The van der Waals surface area contributed by atoms with Gasteiger partial charge in [0.25, 0.3) is 0 Å². The first-order chi connectivity index (χ1) is 8.00. The fourth-order valence-electron chi connectivity index (χ4n) is 2.72. The van der Waals surface area contributed by atoms with Gasteiger partial charge in [-0.25, -0.2) is 0 Å². The molecule has 0 aromatic heterocycles. The summed E-state index contributed by atoms with van der Waals surface area (Å²) in [6, 6.07) is 3.91. The van der Waals surface area contributed by atoms with E-state index in [9.17, 15) is 4.79 Å². The Morgan fingerprint density at radius 2 is 1.82 bits per heavy atom. The lowest BCUT2D eigenvalue weighted by Crippen LogP contribution is -2.49. The quantitative estimate of drug-likeness (QED) is 0.805. The highest BCUT2D eigenvalue weighted by molar-refractivity contribution is 5.99. The molecule has 1 fully saturated rings. The molecule has 2 rings (SSSR count). The molecule has 0 saturated carbocycles. The molecule has 92 valence electrons. The highest BCUT2D eigenvalue weighted by Crippen LogP contribution is 2.29. The number of anilines is 1. The van der Waals surface area contributed by atoms with Crippen molar-refractivity contribution in [1.29, 1.82) is 0 Å². The number of amides is 1. The molecule has 0 bridgehead atoms. The van der Waals surface area contributed by atoms with E-state index in [1.165, 1.54) is 5.56 Å². The van der Waals surface area contributed by atoms with E-state index in [-0.39, 0.29) is 11.9 Å². The predicted octanol–water partition coefficient (Wildman–Crippen LogP) is 2.07. The summed E-state index contributed by atoms with van der Waals surface area (Å²) in [4.78, 5) is 14.0. The maximum atomic E-state index is 12.1. The number of hydrogen-bond acceptors (Lipinski definition) is 2. The zero-order valence-corrected chi connectivity index (χ0v) is 10.8. The molecule has 1 aliphatic heterocycles. The van der Waals surface area contributed by atoms with E-state index in [1.54, 1.807) is 0 Å². The van der Waals surface area contributed by atoms with E-state index in [4.69, 9.17) is 5.73 Å². The first-order valence-electron chi connectivity index (χ1n) is 6.15. The largest absolute Gasteiger partial charge is 0.320 e. The molecule has 1 aliphatic rings. The number of piperidine rings is 1. The summed E-state index contributed by atoms with van der Waals surface area (Å²) in [5, 5.41) is 0. The first-order valence-corrected chi connectivity index (χ1v) is 6.15. The van der Waals surface area contributed by atoms with Crippen LogP contribution in [0.25, 0.3) is 0 Å². The smallest absolute Gasteiger partial charge is 0.243 e. The maximum Gasteiger partial charge on any atom is 0.243 e. The minimum atomic E-state index is -0.330. The number of nitrogens with two attached hydrogens (primary N) is 1. The highest BCUT2D eigenvalue weighted by atomic mass is 16.2. The van der Waals surface area contributed by atoms with Crippen molar-refractivity contribution >= 4 is 11.6 Å². The van der Waals surface area contributed by atoms with Crippen LogP contribution in [0, 0.1) is 20.8 Å². The molecule has 2 N–H and O–H groups in total. The fraction of sp³-hybridized carbons (Fsp3) is 0.500. The number of nitrogens with zero attached hydrogens (tertiary/aromatic N) is 1. The van der Waals surface area contributed by atoms with Gasteiger partial charge in [0.2, 0.25) is 5.91 Å². The van der Waals surface area contributed by atoms with Crippen molar-refractivity contribution < 1.29 is 4.79 Å². The third kappa shape index (κ3) is 2.20. The van der Waals surface area contributed by atoms with Gasteiger partial charge in [-0.3, -0.25) is 4.79 Å². The van der Waals surface area contributed by atoms with Crippen LogP contribution in [0.2, 0.25) is 0 Å². The van der Waals surface area contributed by atoms with Crippen LogP contribution in [0.1, 0.15) is 29.5 Å². The topological polar surface area (TPSA) is 46.3 Å². The minimum absolute atomic E-state index is 0.0614. The van der Waals surface area contributed by atoms with Gasteiger partial charge in [-0.15, -0.1) is 0 Å². The Kier molecular flexibility index (Phi) is 3.20. The Morgan fingerprint density at radius 1 is 1.24 bits per heavy atom. The molecule has 3 nitrogen and oxygen atoms in total. The van der Waals surface area contributed by atoms with E-state index in [1.807, 2.05) is 4.90 Å². The number of aryl methyl sites for hydroxylation is 3. The fourth-order valence-corrected chi connectivity index (χ4v) is 2.72. The normalized spacial score (nSPS) is 20.8. The van der Waals surface area contributed by atoms with Crippen LogP contribution in [-0.4, -0.2) is 18.5 Å². The molecule has 1 saturated heterocycles. The van der Waals surface area contributed by atoms with Gasteiger partial charge in [0.15, 0.2) is 0 Å². The van der Waals surface area contributed by atoms with E-state index in [2.05, 4.69) is 32.9 Å². The summed E-state index contributed by atoms with van der Waals surface area (Å²) in [7, 11) is 0. The molecule has 0 aliphatic carbocycles. The maximum absolute atomic E-state index is 12.1. The summed E-state index contributed by atoms with van der Waals surface area (Å²) in [6.07, 6.45) is 1.79. The summed E-state index contributed by atoms with van der Waals surface area (Å²) >= 11 is 0. The van der Waals surface area contributed by atoms with Crippen LogP contribution < -0.4 is 10.6 Å². The summed E-state index contributed by atoms with van der Waals surface area (Å²) in [6.45, 7) is 6.98. The lowest BCUT2D eigenvalue weighted by atomic mass is 9.99. The van der Waals surface area contributed by atoms with Gasteiger partial charge in [-0.05, 0) is 44.7 Å². The van der Waals surface area contributed by atoms with Gasteiger partial charge in [0.05, 0.1) is 6.04 Å². The Balaban J connectivity index is 2.43. The monoisotopic (exact) mass is 232 g/mol. The molecule has 1 heterocycles. The molecule has 1 unspecified atom stereocenters. The Bertz CT molecular complexity index is 431. The zero-order chi connectivity index (χ0) is 12.6.